The Labute approximate surface area is 207 Å². The Balaban J connectivity index is 3.34. The lowest BCUT2D eigenvalue weighted by Gasteiger charge is -2.11. The SMILES string of the molecule is CCCCCCCCCCCCCCCCCCCCOC(=O)COC(=O)C(F)(F)SOOO. The Bertz CT molecular complexity index is 496. The molecule has 7 nitrogen and oxygen atoms in total. The van der Waals surface area contributed by atoms with Crippen LogP contribution in [0.3, 0.4) is 0 Å². The van der Waals surface area contributed by atoms with Crippen LogP contribution in [0, 0.1) is 0 Å². The first-order chi connectivity index (χ1) is 16.4. The highest BCUT2D eigenvalue weighted by molar-refractivity contribution is 7.96. The van der Waals surface area contributed by atoms with E-state index in [9.17, 15) is 18.4 Å². The minimum atomic E-state index is -4.13. The molecule has 0 saturated heterocycles. The average molecular weight is 515 g/mol. The molecule has 34 heavy (non-hydrogen) atoms. The average Bonchev–Trinajstić information content (AvgIpc) is 2.82. The van der Waals surface area contributed by atoms with Crippen LogP contribution in [0.4, 0.5) is 8.78 Å². The molecule has 0 aliphatic carbocycles. The van der Waals surface area contributed by atoms with Gasteiger partial charge in [0, 0.05) is 0 Å². The van der Waals surface area contributed by atoms with E-state index < -0.39 is 35.8 Å². The fourth-order valence-electron chi connectivity index (χ4n) is 3.53. The van der Waals surface area contributed by atoms with Gasteiger partial charge in [-0.05, 0) is 6.42 Å². The zero-order valence-electron chi connectivity index (χ0n) is 20.7. The summed E-state index contributed by atoms with van der Waals surface area (Å²) in [5.41, 5.74) is 0. The largest absolute Gasteiger partial charge is 0.463 e. The maximum atomic E-state index is 13.1. The second kappa shape index (κ2) is 23.8. The monoisotopic (exact) mass is 514 g/mol. The minimum Gasteiger partial charge on any atom is -0.463 e. The zero-order valence-corrected chi connectivity index (χ0v) is 21.5. The lowest BCUT2D eigenvalue weighted by Crippen LogP contribution is -2.30. The van der Waals surface area contributed by atoms with E-state index in [1.165, 1.54) is 89.9 Å². The number of ether oxygens (including phenoxy) is 2. The van der Waals surface area contributed by atoms with Gasteiger partial charge >= 0.3 is 17.2 Å². The predicted octanol–water partition coefficient (Wildman–Crippen LogP) is 7.78. The Morgan fingerprint density at radius 2 is 1.12 bits per heavy atom. The normalized spacial score (nSPS) is 11.5. The summed E-state index contributed by atoms with van der Waals surface area (Å²) in [5, 5.41) is 6.67. The number of hydrogen-bond donors (Lipinski definition) is 1. The van der Waals surface area contributed by atoms with Crippen LogP contribution < -0.4 is 0 Å². The summed E-state index contributed by atoms with van der Waals surface area (Å²) in [4.78, 5) is 22.5. The van der Waals surface area contributed by atoms with Crippen LogP contribution in [-0.4, -0.2) is 35.7 Å². The third-order valence-corrected chi connectivity index (χ3v) is 5.99. The molecule has 0 aliphatic heterocycles. The van der Waals surface area contributed by atoms with Crippen molar-refractivity contribution in [1.82, 2.24) is 0 Å². The molecule has 0 aromatic rings. The Hall–Kier alpha value is -0.970. The van der Waals surface area contributed by atoms with Crippen LogP contribution in [0.2, 0.25) is 0 Å². The molecule has 202 valence electrons. The van der Waals surface area contributed by atoms with Crippen molar-refractivity contribution < 1.29 is 42.5 Å². The lowest BCUT2D eigenvalue weighted by atomic mass is 10.0. The second-order valence-corrected chi connectivity index (χ2v) is 9.37. The molecule has 0 heterocycles. The van der Waals surface area contributed by atoms with E-state index in [1.54, 1.807) is 0 Å². The minimum absolute atomic E-state index is 0.154. The third kappa shape index (κ3) is 21.6. The number of hydrogen-bond acceptors (Lipinski definition) is 8. The van der Waals surface area contributed by atoms with E-state index in [0.717, 1.165) is 19.3 Å². The van der Waals surface area contributed by atoms with Gasteiger partial charge in [0.1, 0.15) is 12.0 Å². The Morgan fingerprint density at radius 3 is 1.53 bits per heavy atom. The van der Waals surface area contributed by atoms with Crippen molar-refractivity contribution in [3.63, 3.8) is 0 Å². The summed E-state index contributed by atoms with van der Waals surface area (Å²) in [7, 11) is 0. The van der Waals surface area contributed by atoms with Gasteiger partial charge in [-0.15, -0.1) is 4.33 Å². The van der Waals surface area contributed by atoms with Crippen molar-refractivity contribution >= 4 is 24.0 Å². The van der Waals surface area contributed by atoms with E-state index in [-0.39, 0.29) is 6.61 Å². The van der Waals surface area contributed by atoms with E-state index in [1.807, 2.05) is 0 Å². The molecule has 0 atom stereocenters. The standard InChI is InChI=1S/C24H44F2O7S/c1-2-3-4-5-6-7-8-9-10-11-12-13-14-15-16-17-18-19-20-30-22(27)21-31-23(28)24(25,26)34-33-32-29/h29H,2-21H2,1H3. The van der Waals surface area contributed by atoms with Crippen molar-refractivity contribution in [2.75, 3.05) is 13.2 Å². The molecule has 0 bridgehead atoms. The van der Waals surface area contributed by atoms with Gasteiger partial charge in [0.05, 0.1) is 6.61 Å². The first kappa shape index (κ1) is 33.0. The summed E-state index contributed by atoms with van der Waals surface area (Å²) >= 11 is -0.752. The van der Waals surface area contributed by atoms with Gasteiger partial charge in [-0.2, -0.15) is 8.78 Å². The Kier molecular flexibility index (Phi) is 23.1. The van der Waals surface area contributed by atoms with E-state index in [0.29, 0.717) is 6.42 Å². The number of carbonyl (C=O) groups is 2. The smallest absolute Gasteiger partial charge is 0.415 e. The first-order valence-corrected chi connectivity index (χ1v) is 13.5. The third-order valence-electron chi connectivity index (χ3n) is 5.49. The number of rotatable bonds is 25. The van der Waals surface area contributed by atoms with Gasteiger partial charge in [0.25, 0.3) is 0 Å². The number of unbranched alkanes of at least 4 members (excludes halogenated alkanes) is 17. The fourth-order valence-corrected chi connectivity index (χ4v) is 3.77. The number of alkyl halides is 2. The number of halogens is 2. The highest BCUT2D eigenvalue weighted by Crippen LogP contribution is 2.31. The van der Waals surface area contributed by atoms with Crippen LogP contribution in [0.25, 0.3) is 0 Å². The fraction of sp³-hybridized carbons (Fsp3) is 0.917. The molecule has 10 heteroatoms. The topological polar surface area (TPSA) is 91.3 Å². The van der Waals surface area contributed by atoms with Crippen molar-refractivity contribution in [2.24, 2.45) is 0 Å². The van der Waals surface area contributed by atoms with Gasteiger partial charge in [-0.25, -0.2) is 14.8 Å². The van der Waals surface area contributed by atoms with Gasteiger partial charge in [-0.1, -0.05) is 121 Å². The molecule has 0 radical (unpaired) electrons. The van der Waals surface area contributed by atoms with Crippen molar-refractivity contribution in [2.45, 2.75) is 128 Å². The second-order valence-electron chi connectivity index (χ2n) is 8.55. The maximum Gasteiger partial charge on any atom is 0.415 e. The predicted molar refractivity (Wildman–Crippen MR) is 128 cm³/mol. The van der Waals surface area contributed by atoms with Crippen LogP contribution in [0.15, 0.2) is 0 Å². The highest BCUT2D eigenvalue weighted by atomic mass is 32.2. The van der Waals surface area contributed by atoms with Crippen LogP contribution in [-0.2, 0) is 28.4 Å². The summed E-state index contributed by atoms with van der Waals surface area (Å²) in [6.45, 7) is 1.49. The molecule has 0 aliphatic rings. The number of esters is 2. The van der Waals surface area contributed by atoms with Crippen molar-refractivity contribution in [3.05, 3.63) is 0 Å². The molecule has 0 amide bonds. The molecule has 0 saturated carbocycles. The molecule has 1 N–H and O–H groups in total. The Morgan fingerprint density at radius 1 is 0.706 bits per heavy atom. The van der Waals surface area contributed by atoms with Crippen LogP contribution in [0.1, 0.15) is 122 Å². The molecule has 0 aromatic carbocycles. The van der Waals surface area contributed by atoms with E-state index in [4.69, 9.17) is 9.99 Å². The van der Waals surface area contributed by atoms with Crippen molar-refractivity contribution in [1.29, 1.82) is 0 Å². The van der Waals surface area contributed by atoms with E-state index >= 15 is 0 Å². The molecular formula is C24H44F2O7S. The highest BCUT2D eigenvalue weighted by Gasteiger charge is 2.44. The molecule has 0 unspecified atom stereocenters. The van der Waals surface area contributed by atoms with Gasteiger partial charge < -0.3 is 9.47 Å². The van der Waals surface area contributed by atoms with Crippen LogP contribution in [0.5, 0.6) is 0 Å². The zero-order chi connectivity index (χ0) is 25.3. The van der Waals surface area contributed by atoms with Gasteiger partial charge in [-0.3, -0.25) is 0 Å². The quantitative estimate of drug-likeness (QED) is 0.0434. The molecule has 0 fully saturated rings. The number of carbonyl (C=O) groups excluding carboxylic acids is 2. The summed E-state index contributed by atoms with van der Waals surface area (Å²) in [6, 6.07) is 0. The molecule has 0 spiro atoms. The summed E-state index contributed by atoms with van der Waals surface area (Å²) in [5.74, 6) is -2.90. The van der Waals surface area contributed by atoms with Crippen LogP contribution >= 0.6 is 12.0 Å². The molecule has 0 aromatic heterocycles. The first-order valence-electron chi connectivity index (χ1n) is 12.8. The summed E-state index contributed by atoms with van der Waals surface area (Å²) in [6.07, 6.45) is 22.6. The van der Waals surface area contributed by atoms with Gasteiger partial charge in [0.2, 0.25) is 0 Å². The maximum absolute atomic E-state index is 13.1. The molecular weight excluding hydrogens is 470 g/mol. The van der Waals surface area contributed by atoms with Gasteiger partial charge in [0.15, 0.2) is 6.61 Å². The molecule has 0 rings (SSSR count). The van der Waals surface area contributed by atoms with Crippen molar-refractivity contribution in [3.8, 4) is 0 Å². The summed E-state index contributed by atoms with van der Waals surface area (Å²) < 4.78 is 38.7. The lowest BCUT2D eigenvalue weighted by molar-refractivity contribution is -0.433. The van der Waals surface area contributed by atoms with E-state index in [2.05, 4.69) is 21.0 Å².